The van der Waals surface area contributed by atoms with Crippen molar-refractivity contribution in [3.63, 3.8) is 0 Å². The first kappa shape index (κ1) is 31.1. The number of benzene rings is 3. The van der Waals surface area contributed by atoms with Crippen molar-refractivity contribution in [2.75, 3.05) is 10.8 Å². The number of sulfonamides is 1. The number of halogens is 2. The molecular formula is C30H35ClFN3O4S. The molecule has 0 aliphatic carbocycles. The third-order valence-electron chi connectivity index (χ3n) is 6.70. The second-order valence-electron chi connectivity index (χ2n) is 9.65. The smallest absolute Gasteiger partial charge is 0.264 e. The van der Waals surface area contributed by atoms with E-state index in [1.54, 1.807) is 44.2 Å². The van der Waals surface area contributed by atoms with Crippen LogP contribution in [0.4, 0.5) is 10.1 Å². The summed E-state index contributed by atoms with van der Waals surface area (Å²) in [6, 6.07) is 17.3. The van der Waals surface area contributed by atoms with Crippen LogP contribution in [0.25, 0.3) is 0 Å². The highest BCUT2D eigenvalue weighted by molar-refractivity contribution is 7.92. The minimum Gasteiger partial charge on any atom is -0.352 e. The number of carbonyl (C=O) groups is 2. The SMILES string of the molecule is CCC(C)NC(=O)C(CC)N(Cc1ccc(F)cc1)C(=O)CN(c1cc(Cl)ccc1C)S(=O)(=O)c1ccccc1. The molecule has 0 saturated carbocycles. The molecule has 10 heteroatoms. The van der Waals surface area contributed by atoms with E-state index in [0.29, 0.717) is 22.6 Å². The lowest BCUT2D eigenvalue weighted by Crippen LogP contribution is -2.53. The van der Waals surface area contributed by atoms with Gasteiger partial charge in [-0.1, -0.05) is 61.8 Å². The zero-order chi connectivity index (χ0) is 29.4. The zero-order valence-electron chi connectivity index (χ0n) is 23.1. The summed E-state index contributed by atoms with van der Waals surface area (Å²) >= 11 is 6.25. The third kappa shape index (κ3) is 7.61. The van der Waals surface area contributed by atoms with Gasteiger partial charge in [0.15, 0.2) is 0 Å². The molecule has 0 fully saturated rings. The lowest BCUT2D eigenvalue weighted by Gasteiger charge is -2.34. The van der Waals surface area contributed by atoms with Gasteiger partial charge >= 0.3 is 0 Å². The molecule has 3 rings (SSSR count). The van der Waals surface area contributed by atoms with Crippen molar-refractivity contribution < 1.29 is 22.4 Å². The lowest BCUT2D eigenvalue weighted by molar-refractivity contribution is -0.140. The molecule has 2 atom stereocenters. The van der Waals surface area contributed by atoms with Crippen LogP contribution in [0.1, 0.15) is 44.7 Å². The van der Waals surface area contributed by atoms with E-state index in [2.05, 4.69) is 5.32 Å². The Labute approximate surface area is 241 Å². The van der Waals surface area contributed by atoms with Crippen LogP contribution in [0.5, 0.6) is 0 Å². The Morgan fingerprint density at radius 3 is 2.23 bits per heavy atom. The summed E-state index contributed by atoms with van der Waals surface area (Å²) in [6.45, 7) is 6.73. The number of amides is 2. The van der Waals surface area contributed by atoms with E-state index < -0.39 is 34.3 Å². The number of nitrogens with one attached hydrogen (secondary N) is 1. The molecular weight excluding hydrogens is 553 g/mol. The summed E-state index contributed by atoms with van der Waals surface area (Å²) in [7, 11) is -4.20. The van der Waals surface area contributed by atoms with Gasteiger partial charge < -0.3 is 10.2 Å². The molecule has 2 amide bonds. The number of hydrogen-bond acceptors (Lipinski definition) is 4. The molecule has 214 valence electrons. The van der Waals surface area contributed by atoms with Crippen LogP contribution in [-0.2, 0) is 26.2 Å². The Balaban J connectivity index is 2.08. The fourth-order valence-corrected chi connectivity index (χ4v) is 5.89. The van der Waals surface area contributed by atoms with Gasteiger partial charge in [0.2, 0.25) is 11.8 Å². The molecule has 40 heavy (non-hydrogen) atoms. The van der Waals surface area contributed by atoms with Gasteiger partial charge in [-0.3, -0.25) is 13.9 Å². The quantitative estimate of drug-likeness (QED) is 0.294. The summed E-state index contributed by atoms with van der Waals surface area (Å²) in [5.41, 5.74) is 1.45. The first-order valence-electron chi connectivity index (χ1n) is 13.2. The zero-order valence-corrected chi connectivity index (χ0v) is 24.7. The van der Waals surface area contributed by atoms with Gasteiger partial charge in [-0.2, -0.15) is 0 Å². The number of anilines is 1. The van der Waals surface area contributed by atoms with Crippen LogP contribution >= 0.6 is 11.6 Å². The van der Waals surface area contributed by atoms with Gasteiger partial charge in [-0.25, -0.2) is 12.8 Å². The molecule has 0 heterocycles. The van der Waals surface area contributed by atoms with E-state index in [0.717, 1.165) is 4.31 Å². The maximum Gasteiger partial charge on any atom is 0.264 e. The van der Waals surface area contributed by atoms with Gasteiger partial charge in [-0.05, 0) is 74.2 Å². The largest absolute Gasteiger partial charge is 0.352 e. The van der Waals surface area contributed by atoms with Crippen molar-refractivity contribution in [3.8, 4) is 0 Å². The summed E-state index contributed by atoms with van der Waals surface area (Å²) in [4.78, 5) is 28.7. The first-order chi connectivity index (χ1) is 19.0. The monoisotopic (exact) mass is 587 g/mol. The molecule has 3 aromatic rings. The van der Waals surface area contributed by atoms with Crippen molar-refractivity contribution in [1.29, 1.82) is 0 Å². The standard InChI is InChI=1S/C30H35ClFN3O4S/c1-5-22(4)33-30(37)27(6-2)34(19-23-13-16-25(32)17-14-23)29(36)20-35(28-18-24(31)15-12-21(28)3)40(38,39)26-10-8-7-9-11-26/h7-18,22,27H,5-6,19-20H2,1-4H3,(H,33,37). The summed E-state index contributed by atoms with van der Waals surface area (Å²) in [6.07, 6.45) is 0.988. The normalized spacial score (nSPS) is 12.8. The van der Waals surface area contributed by atoms with E-state index >= 15 is 0 Å². The van der Waals surface area contributed by atoms with Gasteiger partial charge in [0.25, 0.3) is 10.0 Å². The highest BCUT2D eigenvalue weighted by atomic mass is 35.5. The second-order valence-corrected chi connectivity index (χ2v) is 11.9. The molecule has 0 aliphatic rings. The first-order valence-corrected chi connectivity index (χ1v) is 15.0. The number of rotatable bonds is 12. The predicted octanol–water partition coefficient (Wildman–Crippen LogP) is 5.70. The number of carbonyl (C=O) groups excluding carboxylic acids is 2. The van der Waals surface area contributed by atoms with E-state index in [4.69, 9.17) is 11.6 Å². The van der Waals surface area contributed by atoms with Gasteiger partial charge in [-0.15, -0.1) is 0 Å². The van der Waals surface area contributed by atoms with E-state index in [9.17, 15) is 22.4 Å². The molecule has 7 nitrogen and oxygen atoms in total. The maximum atomic E-state index is 14.1. The molecule has 0 aliphatic heterocycles. The third-order valence-corrected chi connectivity index (χ3v) is 8.71. The lowest BCUT2D eigenvalue weighted by atomic mass is 10.1. The van der Waals surface area contributed by atoms with Crippen LogP contribution in [0.3, 0.4) is 0 Å². The highest BCUT2D eigenvalue weighted by Gasteiger charge is 2.34. The molecule has 0 radical (unpaired) electrons. The van der Waals surface area contributed by atoms with Crippen molar-refractivity contribution in [2.45, 2.75) is 64.1 Å². The average Bonchev–Trinajstić information content (AvgIpc) is 2.94. The van der Waals surface area contributed by atoms with Crippen LogP contribution < -0.4 is 9.62 Å². The number of aryl methyl sites for hydroxylation is 1. The van der Waals surface area contributed by atoms with E-state index in [1.165, 1.54) is 47.4 Å². The predicted molar refractivity (Wildman–Crippen MR) is 156 cm³/mol. The van der Waals surface area contributed by atoms with Gasteiger partial charge in [0.1, 0.15) is 18.4 Å². The topological polar surface area (TPSA) is 86.8 Å². The molecule has 0 saturated heterocycles. The minimum atomic E-state index is -4.20. The fraction of sp³-hybridized carbons (Fsp3) is 0.333. The fourth-order valence-electron chi connectivity index (χ4n) is 4.23. The summed E-state index contributed by atoms with van der Waals surface area (Å²) in [5.74, 6) is -1.36. The van der Waals surface area contributed by atoms with Crippen LogP contribution in [0.15, 0.2) is 77.7 Å². The average molecular weight is 588 g/mol. The molecule has 3 aromatic carbocycles. The molecule has 0 aromatic heterocycles. The summed E-state index contributed by atoms with van der Waals surface area (Å²) in [5, 5.41) is 3.24. The Morgan fingerprint density at radius 1 is 0.975 bits per heavy atom. The van der Waals surface area contributed by atoms with Crippen LogP contribution in [0.2, 0.25) is 5.02 Å². The van der Waals surface area contributed by atoms with Crippen molar-refractivity contribution in [3.05, 3.63) is 94.8 Å². The highest BCUT2D eigenvalue weighted by Crippen LogP contribution is 2.30. The van der Waals surface area contributed by atoms with E-state index in [-0.39, 0.29) is 35.5 Å². The molecule has 0 spiro atoms. The van der Waals surface area contributed by atoms with Gasteiger partial charge in [0, 0.05) is 17.6 Å². The maximum absolute atomic E-state index is 14.1. The Morgan fingerprint density at radius 2 is 1.62 bits per heavy atom. The molecule has 0 bridgehead atoms. The van der Waals surface area contributed by atoms with Gasteiger partial charge in [0.05, 0.1) is 10.6 Å². The minimum absolute atomic E-state index is 0.00816. The van der Waals surface area contributed by atoms with E-state index in [1.807, 2.05) is 13.8 Å². The number of nitrogens with zero attached hydrogens (tertiary/aromatic N) is 2. The second kappa shape index (κ2) is 13.8. The molecule has 1 N–H and O–H groups in total. The van der Waals surface area contributed by atoms with Crippen LogP contribution in [-0.4, -0.2) is 43.8 Å². The Hall–Kier alpha value is -3.43. The number of hydrogen-bond donors (Lipinski definition) is 1. The van der Waals surface area contributed by atoms with Crippen molar-refractivity contribution in [2.24, 2.45) is 0 Å². The molecule has 2 unspecified atom stereocenters. The Bertz CT molecular complexity index is 1420. The Kier molecular flexibility index (Phi) is 10.7. The van der Waals surface area contributed by atoms with Crippen LogP contribution in [0, 0.1) is 12.7 Å². The van der Waals surface area contributed by atoms with Crippen molar-refractivity contribution in [1.82, 2.24) is 10.2 Å². The summed E-state index contributed by atoms with van der Waals surface area (Å²) < 4.78 is 42.4. The van der Waals surface area contributed by atoms with Crippen molar-refractivity contribution >= 4 is 39.1 Å².